The van der Waals surface area contributed by atoms with Gasteiger partial charge in [-0.25, -0.2) is 0 Å². The summed E-state index contributed by atoms with van der Waals surface area (Å²) in [6.07, 6.45) is 1.97. The summed E-state index contributed by atoms with van der Waals surface area (Å²) in [7, 11) is 3.58. The Morgan fingerprint density at radius 1 is 1.03 bits per heavy atom. The second-order valence-electron chi connectivity index (χ2n) is 9.97. The van der Waals surface area contributed by atoms with Crippen LogP contribution in [0.4, 0.5) is 0 Å². The van der Waals surface area contributed by atoms with Crippen molar-refractivity contribution in [2.45, 2.75) is 36.7 Å². The highest BCUT2D eigenvalue weighted by Crippen LogP contribution is 2.33. The lowest BCUT2D eigenvalue weighted by atomic mass is 10.1. The van der Waals surface area contributed by atoms with Crippen LogP contribution >= 0.6 is 11.8 Å². The number of methoxy groups -OCH3 is 1. The van der Waals surface area contributed by atoms with Gasteiger partial charge in [0.2, 0.25) is 5.91 Å². The minimum absolute atomic E-state index is 0.00338. The highest BCUT2D eigenvalue weighted by atomic mass is 32.2. The molecule has 1 saturated heterocycles. The molecule has 5 rings (SSSR count). The Kier molecular flexibility index (Phi) is 8.54. The zero-order valence-electron chi connectivity index (χ0n) is 22.2. The SMILES string of the molecule is COc1ccc2cc1Oc1cccc(c1)CO[C@H]1CN(Cc3ccc(SC)cc3)C[C@@H]1NC(=O)CN(C)C2. The summed E-state index contributed by atoms with van der Waals surface area (Å²) in [5, 5.41) is 3.26. The van der Waals surface area contributed by atoms with Crippen LogP contribution in [0.2, 0.25) is 0 Å². The first kappa shape index (κ1) is 26.6. The molecule has 38 heavy (non-hydrogen) atoms. The van der Waals surface area contributed by atoms with Crippen LogP contribution in [0.1, 0.15) is 16.7 Å². The normalized spacial score (nSPS) is 20.9. The number of amides is 1. The van der Waals surface area contributed by atoms with Gasteiger partial charge < -0.3 is 19.5 Å². The number of carbonyl (C=O) groups is 1. The molecule has 1 N–H and O–H groups in total. The van der Waals surface area contributed by atoms with E-state index in [0.717, 1.165) is 36.5 Å². The molecule has 0 spiro atoms. The van der Waals surface area contributed by atoms with Gasteiger partial charge in [0.25, 0.3) is 0 Å². The van der Waals surface area contributed by atoms with Crippen molar-refractivity contribution in [3.63, 3.8) is 0 Å². The van der Waals surface area contributed by atoms with Gasteiger partial charge in [-0.1, -0.05) is 30.3 Å². The van der Waals surface area contributed by atoms with Crippen molar-refractivity contribution in [3.05, 3.63) is 83.4 Å². The van der Waals surface area contributed by atoms with Gasteiger partial charge in [0.15, 0.2) is 11.5 Å². The number of nitrogens with zero attached hydrogens (tertiary/aromatic N) is 2. The Bertz CT molecular complexity index is 1250. The van der Waals surface area contributed by atoms with Gasteiger partial charge in [-0.3, -0.25) is 14.6 Å². The van der Waals surface area contributed by atoms with Crippen LogP contribution < -0.4 is 14.8 Å². The molecule has 2 aliphatic rings. The molecule has 0 radical (unpaired) electrons. The quantitative estimate of drug-likeness (QED) is 0.494. The van der Waals surface area contributed by atoms with Gasteiger partial charge in [-0.15, -0.1) is 11.8 Å². The third kappa shape index (κ3) is 6.69. The molecule has 0 saturated carbocycles. The Morgan fingerprint density at radius 3 is 2.66 bits per heavy atom. The molecule has 8 heteroatoms. The van der Waals surface area contributed by atoms with Gasteiger partial charge in [0.1, 0.15) is 5.75 Å². The summed E-state index contributed by atoms with van der Waals surface area (Å²) in [4.78, 5) is 18.7. The largest absolute Gasteiger partial charge is 0.493 e. The number of carbonyl (C=O) groups excluding carboxylic acids is 1. The maximum atomic E-state index is 13.1. The van der Waals surface area contributed by atoms with E-state index in [1.54, 1.807) is 18.9 Å². The van der Waals surface area contributed by atoms with E-state index in [2.05, 4.69) is 40.7 Å². The van der Waals surface area contributed by atoms with Crippen LogP contribution in [0.3, 0.4) is 0 Å². The van der Waals surface area contributed by atoms with Crippen LogP contribution in [0, 0.1) is 0 Å². The summed E-state index contributed by atoms with van der Waals surface area (Å²) in [5.74, 6) is 2.03. The number of nitrogens with one attached hydrogen (secondary N) is 1. The summed E-state index contributed by atoms with van der Waals surface area (Å²) in [6, 6.07) is 22.4. The molecule has 4 bridgehead atoms. The number of likely N-dealkylation sites (tertiary alicyclic amines) is 1. The lowest BCUT2D eigenvalue weighted by Crippen LogP contribution is -2.47. The second kappa shape index (κ2) is 12.2. The number of hydrogen-bond donors (Lipinski definition) is 1. The molecule has 3 aromatic rings. The molecule has 200 valence electrons. The predicted molar refractivity (Wildman–Crippen MR) is 150 cm³/mol. The van der Waals surface area contributed by atoms with Gasteiger partial charge >= 0.3 is 0 Å². The van der Waals surface area contributed by atoms with Crippen LogP contribution in [0.15, 0.2) is 71.6 Å². The summed E-state index contributed by atoms with van der Waals surface area (Å²) in [6.45, 7) is 3.65. The third-order valence-corrected chi connectivity index (χ3v) is 7.68. The van der Waals surface area contributed by atoms with E-state index >= 15 is 0 Å². The average molecular weight is 534 g/mol. The van der Waals surface area contributed by atoms with Gasteiger partial charge in [0.05, 0.1) is 32.4 Å². The number of rotatable bonds is 4. The molecule has 2 aliphatic heterocycles. The van der Waals surface area contributed by atoms with Crippen molar-refractivity contribution in [2.24, 2.45) is 0 Å². The number of benzene rings is 3. The summed E-state index contributed by atoms with van der Waals surface area (Å²) >= 11 is 1.74. The molecule has 7 nitrogen and oxygen atoms in total. The van der Waals surface area contributed by atoms with E-state index in [-0.39, 0.29) is 18.1 Å². The fraction of sp³-hybridized carbons (Fsp3) is 0.367. The van der Waals surface area contributed by atoms with E-state index in [0.29, 0.717) is 31.2 Å². The van der Waals surface area contributed by atoms with Crippen LogP contribution in [0.25, 0.3) is 0 Å². The molecule has 0 aliphatic carbocycles. The van der Waals surface area contributed by atoms with Crippen molar-refractivity contribution < 1.29 is 19.0 Å². The molecule has 2 atom stereocenters. The fourth-order valence-electron chi connectivity index (χ4n) is 5.07. The van der Waals surface area contributed by atoms with Gasteiger partial charge in [0, 0.05) is 31.1 Å². The highest BCUT2D eigenvalue weighted by molar-refractivity contribution is 7.98. The number of fused-ring (bicyclic) bond motifs is 5. The molecule has 1 fully saturated rings. The standard InChI is InChI=1S/C30H35N3O4S/c1-32-15-22-9-12-27(35-2)28(14-22)37-24-6-4-5-23(13-24)20-36-29-18-33(17-26(29)31-30(34)19-32)16-21-7-10-25(38-3)11-8-21/h4-14,26,29H,15-20H2,1-3H3,(H,31,34)/t26-,29-/m0/s1. The van der Waals surface area contributed by atoms with E-state index in [1.165, 1.54) is 10.5 Å². The number of likely N-dealkylation sites (N-methyl/N-ethyl adjacent to an activating group) is 1. The molecule has 0 unspecified atom stereocenters. The Morgan fingerprint density at radius 2 is 1.87 bits per heavy atom. The molecule has 1 amide bonds. The van der Waals surface area contributed by atoms with E-state index in [9.17, 15) is 4.79 Å². The monoisotopic (exact) mass is 533 g/mol. The van der Waals surface area contributed by atoms with Crippen LogP contribution in [-0.2, 0) is 29.2 Å². The Hall–Kier alpha value is -3.04. The molecular formula is C30H35N3O4S. The zero-order valence-corrected chi connectivity index (χ0v) is 23.0. The minimum Gasteiger partial charge on any atom is -0.493 e. The predicted octanol–water partition coefficient (Wildman–Crippen LogP) is 4.54. The molecule has 3 aromatic carbocycles. The smallest absolute Gasteiger partial charge is 0.234 e. The second-order valence-corrected chi connectivity index (χ2v) is 10.9. The maximum absolute atomic E-state index is 13.1. The first-order chi connectivity index (χ1) is 18.5. The van der Waals surface area contributed by atoms with Crippen molar-refractivity contribution >= 4 is 17.7 Å². The topological polar surface area (TPSA) is 63.3 Å². The Balaban J connectivity index is 1.36. The molecule has 0 aromatic heterocycles. The average Bonchev–Trinajstić information content (AvgIpc) is 3.28. The minimum atomic E-state index is -0.111. The first-order valence-corrected chi connectivity index (χ1v) is 14.1. The van der Waals surface area contributed by atoms with Crippen molar-refractivity contribution in [1.82, 2.24) is 15.1 Å². The van der Waals surface area contributed by atoms with Gasteiger partial charge in [-0.05, 0) is 66.4 Å². The summed E-state index contributed by atoms with van der Waals surface area (Å²) in [5.41, 5.74) is 3.31. The van der Waals surface area contributed by atoms with E-state index in [1.807, 2.05) is 54.4 Å². The zero-order chi connectivity index (χ0) is 26.5. The van der Waals surface area contributed by atoms with Gasteiger partial charge in [-0.2, -0.15) is 0 Å². The highest BCUT2D eigenvalue weighted by Gasteiger charge is 2.34. The van der Waals surface area contributed by atoms with Crippen molar-refractivity contribution in [3.8, 4) is 17.2 Å². The van der Waals surface area contributed by atoms with Crippen molar-refractivity contribution in [2.75, 3.05) is 40.0 Å². The van der Waals surface area contributed by atoms with Crippen LogP contribution in [-0.4, -0.2) is 67.9 Å². The molecular weight excluding hydrogens is 498 g/mol. The summed E-state index contributed by atoms with van der Waals surface area (Å²) < 4.78 is 18.2. The maximum Gasteiger partial charge on any atom is 0.234 e. The van der Waals surface area contributed by atoms with Crippen LogP contribution in [0.5, 0.6) is 17.2 Å². The Labute approximate surface area is 229 Å². The fourth-order valence-corrected chi connectivity index (χ4v) is 5.48. The lowest BCUT2D eigenvalue weighted by Gasteiger charge is -2.23. The number of thioether (sulfide) groups is 1. The molecule has 2 heterocycles. The lowest BCUT2D eigenvalue weighted by molar-refractivity contribution is -0.123. The van der Waals surface area contributed by atoms with E-state index < -0.39 is 0 Å². The van der Waals surface area contributed by atoms with E-state index in [4.69, 9.17) is 14.2 Å². The third-order valence-electron chi connectivity index (χ3n) is 6.94. The number of ether oxygens (including phenoxy) is 3. The van der Waals surface area contributed by atoms with Crippen molar-refractivity contribution in [1.29, 1.82) is 0 Å². The number of hydrogen-bond acceptors (Lipinski definition) is 7. The first-order valence-electron chi connectivity index (χ1n) is 12.9.